The quantitative estimate of drug-likeness (QED) is 0.924. The van der Waals surface area contributed by atoms with Crippen LogP contribution in [-0.4, -0.2) is 9.78 Å². The van der Waals surface area contributed by atoms with Crippen molar-refractivity contribution in [1.82, 2.24) is 9.78 Å². The van der Waals surface area contributed by atoms with E-state index in [1.54, 1.807) is 10.7 Å². The standard InChI is InChI=1S/C13H14BrClFN3/c1-7-13(15)12(19(2)18-7)6-11(17)9-4-3-8(16)5-10(9)14/h3-5,11H,6,17H2,1-2H3. The molecule has 1 atom stereocenters. The van der Waals surface area contributed by atoms with Crippen molar-refractivity contribution in [3.05, 3.63) is 50.5 Å². The van der Waals surface area contributed by atoms with Gasteiger partial charge in [-0.05, 0) is 24.6 Å². The maximum absolute atomic E-state index is 13.1. The second-order valence-electron chi connectivity index (χ2n) is 4.45. The number of hydrogen-bond acceptors (Lipinski definition) is 2. The molecule has 102 valence electrons. The summed E-state index contributed by atoms with van der Waals surface area (Å²) in [5.41, 5.74) is 8.68. The average molecular weight is 347 g/mol. The third-order valence-electron chi connectivity index (χ3n) is 3.04. The third-order valence-corrected chi connectivity index (χ3v) is 4.22. The van der Waals surface area contributed by atoms with Crippen molar-refractivity contribution in [3.63, 3.8) is 0 Å². The minimum absolute atomic E-state index is 0.276. The Bertz CT molecular complexity index is 612. The number of aromatic nitrogens is 2. The molecule has 0 fully saturated rings. The zero-order valence-corrected chi connectivity index (χ0v) is 13.0. The van der Waals surface area contributed by atoms with Crippen molar-refractivity contribution in [3.8, 4) is 0 Å². The lowest BCUT2D eigenvalue weighted by Gasteiger charge is -2.14. The molecule has 2 rings (SSSR count). The highest BCUT2D eigenvalue weighted by Crippen LogP contribution is 2.28. The van der Waals surface area contributed by atoms with Crippen molar-refractivity contribution in [2.75, 3.05) is 0 Å². The zero-order chi connectivity index (χ0) is 14.2. The van der Waals surface area contributed by atoms with Gasteiger partial charge in [-0.1, -0.05) is 33.6 Å². The lowest BCUT2D eigenvalue weighted by molar-refractivity contribution is 0.617. The first-order valence-corrected chi connectivity index (χ1v) is 6.95. The van der Waals surface area contributed by atoms with Crippen LogP contribution in [0.2, 0.25) is 5.02 Å². The summed E-state index contributed by atoms with van der Waals surface area (Å²) in [5.74, 6) is -0.294. The van der Waals surface area contributed by atoms with Crippen LogP contribution in [0.1, 0.15) is 23.0 Å². The maximum Gasteiger partial charge on any atom is 0.124 e. The van der Waals surface area contributed by atoms with Crippen LogP contribution in [0.15, 0.2) is 22.7 Å². The Labute approximate surface area is 124 Å². The minimum atomic E-state index is -0.294. The number of aryl methyl sites for hydroxylation is 2. The topological polar surface area (TPSA) is 43.8 Å². The summed E-state index contributed by atoms with van der Waals surface area (Å²) in [5, 5.41) is 4.89. The van der Waals surface area contributed by atoms with Crippen molar-refractivity contribution < 1.29 is 4.39 Å². The summed E-state index contributed by atoms with van der Waals surface area (Å²) in [6, 6.07) is 4.21. The van der Waals surface area contributed by atoms with E-state index in [1.807, 2.05) is 14.0 Å². The van der Waals surface area contributed by atoms with Crippen LogP contribution < -0.4 is 5.73 Å². The van der Waals surface area contributed by atoms with Gasteiger partial charge >= 0.3 is 0 Å². The summed E-state index contributed by atoms with van der Waals surface area (Å²) in [7, 11) is 1.83. The molecule has 0 saturated carbocycles. The van der Waals surface area contributed by atoms with E-state index in [4.69, 9.17) is 17.3 Å². The van der Waals surface area contributed by atoms with Crippen LogP contribution >= 0.6 is 27.5 Å². The molecule has 0 saturated heterocycles. The molecule has 0 amide bonds. The highest BCUT2D eigenvalue weighted by atomic mass is 79.9. The van der Waals surface area contributed by atoms with E-state index in [0.717, 1.165) is 17.0 Å². The molecule has 6 heteroatoms. The van der Waals surface area contributed by atoms with Gasteiger partial charge in [0.15, 0.2) is 0 Å². The van der Waals surface area contributed by atoms with E-state index in [-0.39, 0.29) is 11.9 Å². The Morgan fingerprint density at radius 2 is 2.21 bits per heavy atom. The molecular formula is C13H14BrClFN3. The molecule has 0 bridgehead atoms. The van der Waals surface area contributed by atoms with Crippen molar-refractivity contribution in [2.24, 2.45) is 12.8 Å². The SMILES string of the molecule is Cc1nn(C)c(CC(N)c2ccc(F)cc2Br)c1Cl. The third kappa shape index (κ3) is 2.99. The molecule has 0 aliphatic carbocycles. The molecule has 2 N–H and O–H groups in total. The van der Waals surface area contributed by atoms with E-state index in [0.29, 0.717) is 15.9 Å². The van der Waals surface area contributed by atoms with Gasteiger partial charge in [-0.2, -0.15) is 5.10 Å². The van der Waals surface area contributed by atoms with Gasteiger partial charge in [0, 0.05) is 24.0 Å². The number of rotatable bonds is 3. The van der Waals surface area contributed by atoms with E-state index in [2.05, 4.69) is 21.0 Å². The second kappa shape index (κ2) is 5.61. The van der Waals surface area contributed by atoms with Crippen molar-refractivity contribution in [2.45, 2.75) is 19.4 Å². The largest absolute Gasteiger partial charge is 0.324 e. The predicted octanol–water partition coefficient (Wildman–Crippen LogP) is 3.53. The molecule has 3 nitrogen and oxygen atoms in total. The zero-order valence-electron chi connectivity index (χ0n) is 10.6. The first-order chi connectivity index (χ1) is 8.90. The Morgan fingerprint density at radius 3 is 2.74 bits per heavy atom. The minimum Gasteiger partial charge on any atom is -0.324 e. The molecular weight excluding hydrogens is 333 g/mol. The average Bonchev–Trinajstić information content (AvgIpc) is 2.56. The summed E-state index contributed by atoms with van der Waals surface area (Å²) >= 11 is 9.53. The fraction of sp³-hybridized carbons (Fsp3) is 0.308. The van der Waals surface area contributed by atoms with Crippen LogP contribution in [0.4, 0.5) is 4.39 Å². The van der Waals surface area contributed by atoms with E-state index < -0.39 is 0 Å². The van der Waals surface area contributed by atoms with E-state index in [1.165, 1.54) is 12.1 Å². The normalized spacial score (nSPS) is 12.7. The summed E-state index contributed by atoms with van der Waals surface area (Å²) < 4.78 is 15.5. The molecule has 0 aliphatic rings. The van der Waals surface area contributed by atoms with Gasteiger partial charge in [0.25, 0.3) is 0 Å². The molecule has 19 heavy (non-hydrogen) atoms. The Balaban J connectivity index is 2.28. The van der Waals surface area contributed by atoms with Gasteiger partial charge in [0.05, 0.1) is 16.4 Å². The number of benzene rings is 1. The van der Waals surface area contributed by atoms with E-state index in [9.17, 15) is 4.39 Å². The van der Waals surface area contributed by atoms with Gasteiger partial charge in [-0.25, -0.2) is 4.39 Å². The lowest BCUT2D eigenvalue weighted by atomic mass is 10.0. The molecule has 2 aromatic rings. The highest BCUT2D eigenvalue weighted by molar-refractivity contribution is 9.10. The molecule has 1 aromatic carbocycles. The summed E-state index contributed by atoms with van der Waals surface area (Å²) in [6.45, 7) is 1.85. The van der Waals surface area contributed by atoms with Gasteiger partial charge in [-0.15, -0.1) is 0 Å². The van der Waals surface area contributed by atoms with Gasteiger partial charge in [0.1, 0.15) is 5.82 Å². The number of hydrogen-bond donors (Lipinski definition) is 1. The Kier molecular flexibility index (Phi) is 4.28. The first-order valence-electron chi connectivity index (χ1n) is 5.78. The summed E-state index contributed by atoms with van der Waals surface area (Å²) in [6.07, 6.45) is 0.542. The first kappa shape index (κ1) is 14.5. The van der Waals surface area contributed by atoms with Crippen LogP contribution in [0.3, 0.4) is 0 Å². The fourth-order valence-electron chi connectivity index (χ4n) is 2.02. The highest BCUT2D eigenvalue weighted by Gasteiger charge is 2.17. The van der Waals surface area contributed by atoms with Crippen LogP contribution in [0, 0.1) is 12.7 Å². The second-order valence-corrected chi connectivity index (χ2v) is 5.68. The fourth-order valence-corrected chi connectivity index (χ4v) is 2.90. The van der Waals surface area contributed by atoms with Crippen molar-refractivity contribution >= 4 is 27.5 Å². The molecule has 1 aromatic heterocycles. The Morgan fingerprint density at radius 1 is 1.53 bits per heavy atom. The number of halogens is 3. The number of nitrogens with two attached hydrogens (primary N) is 1. The molecule has 1 heterocycles. The number of nitrogens with zero attached hydrogens (tertiary/aromatic N) is 2. The summed E-state index contributed by atoms with van der Waals surface area (Å²) in [4.78, 5) is 0. The van der Waals surface area contributed by atoms with Gasteiger partial charge in [0.2, 0.25) is 0 Å². The van der Waals surface area contributed by atoms with Crippen molar-refractivity contribution in [1.29, 1.82) is 0 Å². The van der Waals surface area contributed by atoms with Crippen LogP contribution in [-0.2, 0) is 13.5 Å². The molecule has 0 aliphatic heterocycles. The monoisotopic (exact) mass is 345 g/mol. The predicted molar refractivity (Wildman–Crippen MR) is 77.7 cm³/mol. The van der Waals surface area contributed by atoms with Gasteiger partial charge in [-0.3, -0.25) is 4.68 Å². The lowest BCUT2D eigenvalue weighted by Crippen LogP contribution is -2.16. The van der Waals surface area contributed by atoms with Gasteiger partial charge < -0.3 is 5.73 Å². The smallest absolute Gasteiger partial charge is 0.124 e. The maximum atomic E-state index is 13.1. The Hall–Kier alpha value is -0.910. The molecule has 0 radical (unpaired) electrons. The van der Waals surface area contributed by atoms with Crippen LogP contribution in [0.5, 0.6) is 0 Å². The van der Waals surface area contributed by atoms with E-state index >= 15 is 0 Å². The molecule has 0 spiro atoms. The molecule has 1 unspecified atom stereocenters. The van der Waals surface area contributed by atoms with Crippen LogP contribution in [0.25, 0.3) is 0 Å².